The standard InChI is InChI=1S/C20H17N3O4S2/c1-28-15-5-3-13(4-6-15)21-18(24)9-14-10-29-20(22-14)23-19(25)12-2-7-16-17(8-12)27-11-26-16/h2-8,10H,9,11H2,1H3,(H,21,24)(H,22,23,25). The number of benzene rings is 2. The molecule has 2 amide bonds. The van der Waals surface area contributed by atoms with Gasteiger partial charge >= 0.3 is 0 Å². The molecule has 0 spiro atoms. The van der Waals surface area contributed by atoms with E-state index >= 15 is 0 Å². The first kappa shape index (κ1) is 19.3. The molecule has 2 N–H and O–H groups in total. The lowest BCUT2D eigenvalue weighted by atomic mass is 10.2. The zero-order chi connectivity index (χ0) is 20.2. The molecule has 9 heteroatoms. The fraction of sp³-hybridized carbons (Fsp3) is 0.150. The number of nitrogens with one attached hydrogen (secondary N) is 2. The summed E-state index contributed by atoms with van der Waals surface area (Å²) in [4.78, 5) is 30.1. The third kappa shape index (κ3) is 4.69. The zero-order valence-electron chi connectivity index (χ0n) is 15.4. The van der Waals surface area contributed by atoms with Crippen LogP contribution in [0.1, 0.15) is 16.1 Å². The number of carbonyl (C=O) groups is 2. The predicted octanol–water partition coefficient (Wildman–Crippen LogP) is 4.03. The van der Waals surface area contributed by atoms with Gasteiger partial charge in [-0.25, -0.2) is 4.98 Å². The van der Waals surface area contributed by atoms with E-state index in [1.807, 2.05) is 30.5 Å². The van der Waals surface area contributed by atoms with Gasteiger partial charge in [-0.15, -0.1) is 23.1 Å². The average Bonchev–Trinajstić information content (AvgIpc) is 3.37. The van der Waals surface area contributed by atoms with Gasteiger partial charge in [-0.05, 0) is 48.7 Å². The maximum atomic E-state index is 12.4. The van der Waals surface area contributed by atoms with E-state index < -0.39 is 0 Å². The van der Waals surface area contributed by atoms with Crippen molar-refractivity contribution >= 4 is 45.7 Å². The van der Waals surface area contributed by atoms with Crippen LogP contribution in [0.4, 0.5) is 10.8 Å². The molecule has 3 aromatic rings. The van der Waals surface area contributed by atoms with Gasteiger partial charge in [-0.3, -0.25) is 14.9 Å². The number of amides is 2. The van der Waals surface area contributed by atoms with Crippen molar-refractivity contribution in [1.29, 1.82) is 0 Å². The quantitative estimate of drug-likeness (QED) is 0.578. The molecule has 0 radical (unpaired) electrons. The number of ether oxygens (including phenoxy) is 2. The highest BCUT2D eigenvalue weighted by Gasteiger charge is 2.17. The van der Waals surface area contributed by atoms with Crippen molar-refractivity contribution in [3.8, 4) is 11.5 Å². The van der Waals surface area contributed by atoms with Crippen molar-refractivity contribution in [3.05, 3.63) is 59.1 Å². The van der Waals surface area contributed by atoms with Crippen LogP contribution in [0.2, 0.25) is 0 Å². The van der Waals surface area contributed by atoms with Crippen molar-refractivity contribution < 1.29 is 19.1 Å². The Morgan fingerprint density at radius 2 is 1.90 bits per heavy atom. The SMILES string of the molecule is CSc1ccc(NC(=O)Cc2csc(NC(=O)c3ccc4c(c3)OCO4)n2)cc1. The van der Waals surface area contributed by atoms with E-state index in [0.29, 0.717) is 27.9 Å². The molecular formula is C20H17N3O4S2. The fourth-order valence-corrected chi connectivity index (χ4v) is 3.81. The van der Waals surface area contributed by atoms with Crippen molar-refractivity contribution in [2.24, 2.45) is 0 Å². The summed E-state index contributed by atoms with van der Waals surface area (Å²) in [6.45, 7) is 0.153. The number of carbonyl (C=O) groups excluding carboxylic acids is 2. The van der Waals surface area contributed by atoms with E-state index in [1.165, 1.54) is 11.3 Å². The Hall–Kier alpha value is -3.04. The number of hydrogen-bond donors (Lipinski definition) is 2. The molecule has 2 aromatic carbocycles. The molecule has 2 heterocycles. The van der Waals surface area contributed by atoms with Crippen LogP contribution in [0.25, 0.3) is 0 Å². The number of nitrogens with zero attached hydrogens (tertiary/aromatic N) is 1. The Balaban J connectivity index is 1.34. The second-order valence-electron chi connectivity index (χ2n) is 6.12. The first-order chi connectivity index (χ1) is 14.1. The number of hydrogen-bond acceptors (Lipinski definition) is 7. The summed E-state index contributed by atoms with van der Waals surface area (Å²) < 4.78 is 10.5. The van der Waals surface area contributed by atoms with Crippen LogP contribution in [-0.2, 0) is 11.2 Å². The van der Waals surface area contributed by atoms with Gasteiger partial charge in [-0.2, -0.15) is 0 Å². The summed E-state index contributed by atoms with van der Waals surface area (Å²) >= 11 is 2.91. The highest BCUT2D eigenvalue weighted by molar-refractivity contribution is 7.98. The number of anilines is 2. The lowest BCUT2D eigenvalue weighted by Gasteiger charge is -2.05. The van der Waals surface area contributed by atoms with E-state index in [9.17, 15) is 9.59 Å². The maximum Gasteiger partial charge on any atom is 0.257 e. The zero-order valence-corrected chi connectivity index (χ0v) is 17.1. The smallest absolute Gasteiger partial charge is 0.257 e. The molecule has 0 fully saturated rings. The van der Waals surface area contributed by atoms with E-state index in [-0.39, 0.29) is 25.0 Å². The van der Waals surface area contributed by atoms with Crippen LogP contribution in [0.5, 0.6) is 11.5 Å². The first-order valence-corrected chi connectivity index (χ1v) is 10.8. The number of thioether (sulfide) groups is 1. The average molecular weight is 428 g/mol. The Kier molecular flexibility index (Phi) is 5.68. The second-order valence-corrected chi connectivity index (χ2v) is 7.86. The predicted molar refractivity (Wildman–Crippen MR) is 113 cm³/mol. The van der Waals surface area contributed by atoms with E-state index in [2.05, 4.69) is 15.6 Å². The summed E-state index contributed by atoms with van der Waals surface area (Å²) in [7, 11) is 0. The maximum absolute atomic E-state index is 12.4. The van der Waals surface area contributed by atoms with Crippen LogP contribution in [0, 0.1) is 0 Å². The fourth-order valence-electron chi connectivity index (χ4n) is 2.70. The minimum Gasteiger partial charge on any atom is -0.454 e. The summed E-state index contributed by atoms with van der Waals surface area (Å²) in [5, 5.41) is 7.77. The molecule has 148 valence electrons. The molecule has 29 heavy (non-hydrogen) atoms. The molecule has 0 saturated heterocycles. The van der Waals surface area contributed by atoms with Crippen molar-refractivity contribution in [3.63, 3.8) is 0 Å². The van der Waals surface area contributed by atoms with Gasteiger partial charge in [0.1, 0.15) is 0 Å². The van der Waals surface area contributed by atoms with E-state index in [4.69, 9.17) is 9.47 Å². The van der Waals surface area contributed by atoms with Gasteiger partial charge in [0.25, 0.3) is 5.91 Å². The largest absolute Gasteiger partial charge is 0.454 e. The van der Waals surface area contributed by atoms with Crippen LogP contribution in [0.3, 0.4) is 0 Å². The monoisotopic (exact) mass is 427 g/mol. The molecule has 0 atom stereocenters. The van der Waals surface area contributed by atoms with Crippen LogP contribution in [0.15, 0.2) is 52.7 Å². The minimum absolute atomic E-state index is 0.126. The Morgan fingerprint density at radius 3 is 2.69 bits per heavy atom. The Labute approximate surface area is 175 Å². The number of aromatic nitrogens is 1. The molecule has 0 saturated carbocycles. The van der Waals surface area contributed by atoms with Crippen LogP contribution >= 0.6 is 23.1 Å². The first-order valence-electron chi connectivity index (χ1n) is 8.70. The molecule has 0 unspecified atom stereocenters. The number of rotatable bonds is 6. The normalized spacial score (nSPS) is 11.9. The minimum atomic E-state index is -0.303. The van der Waals surface area contributed by atoms with E-state index in [0.717, 1.165) is 10.6 Å². The van der Waals surface area contributed by atoms with Gasteiger partial charge in [0.2, 0.25) is 12.7 Å². The molecule has 7 nitrogen and oxygen atoms in total. The summed E-state index contributed by atoms with van der Waals surface area (Å²) in [5.41, 5.74) is 1.77. The van der Waals surface area contributed by atoms with Gasteiger partial charge in [-0.1, -0.05) is 0 Å². The topological polar surface area (TPSA) is 89.6 Å². The molecule has 1 aliphatic heterocycles. The third-order valence-electron chi connectivity index (χ3n) is 4.12. The summed E-state index contributed by atoms with van der Waals surface area (Å²) in [6.07, 6.45) is 2.12. The lowest BCUT2D eigenvalue weighted by molar-refractivity contribution is -0.115. The van der Waals surface area contributed by atoms with Gasteiger partial charge in [0, 0.05) is 21.5 Å². The highest BCUT2D eigenvalue weighted by atomic mass is 32.2. The molecular weight excluding hydrogens is 410 g/mol. The molecule has 1 aliphatic rings. The van der Waals surface area contributed by atoms with Crippen molar-refractivity contribution in [1.82, 2.24) is 4.98 Å². The Bertz CT molecular complexity index is 1050. The highest BCUT2D eigenvalue weighted by Crippen LogP contribution is 2.32. The van der Waals surface area contributed by atoms with Gasteiger partial charge in [0.05, 0.1) is 12.1 Å². The Morgan fingerprint density at radius 1 is 1.10 bits per heavy atom. The van der Waals surface area contributed by atoms with Crippen molar-refractivity contribution in [2.75, 3.05) is 23.7 Å². The molecule has 0 bridgehead atoms. The lowest BCUT2D eigenvalue weighted by Crippen LogP contribution is -2.15. The second kappa shape index (κ2) is 8.54. The summed E-state index contributed by atoms with van der Waals surface area (Å²) in [5.74, 6) is 0.690. The summed E-state index contributed by atoms with van der Waals surface area (Å²) in [6, 6.07) is 12.6. The molecule has 4 rings (SSSR count). The van der Waals surface area contributed by atoms with E-state index in [1.54, 1.807) is 35.3 Å². The van der Waals surface area contributed by atoms with Crippen molar-refractivity contribution in [2.45, 2.75) is 11.3 Å². The molecule has 1 aromatic heterocycles. The van der Waals surface area contributed by atoms with Crippen LogP contribution in [-0.4, -0.2) is 29.8 Å². The third-order valence-corrected chi connectivity index (χ3v) is 5.67. The van der Waals surface area contributed by atoms with Crippen LogP contribution < -0.4 is 20.1 Å². The number of fused-ring (bicyclic) bond motifs is 1. The van der Waals surface area contributed by atoms with Gasteiger partial charge in [0.15, 0.2) is 16.6 Å². The van der Waals surface area contributed by atoms with Gasteiger partial charge < -0.3 is 14.8 Å². The number of thiazole rings is 1. The molecule has 0 aliphatic carbocycles.